The van der Waals surface area contributed by atoms with Crippen molar-refractivity contribution in [2.24, 2.45) is 0 Å². The Labute approximate surface area is 218 Å². The zero-order valence-corrected chi connectivity index (χ0v) is 21.1. The average molecular weight is 476 g/mol. The number of benzene rings is 5. The van der Waals surface area contributed by atoms with Gasteiger partial charge in [-0.05, 0) is 85.0 Å². The molecule has 37 heavy (non-hydrogen) atoms. The Hall–Kier alpha value is -4.36. The molecule has 2 aliphatic rings. The fraction of sp³-hybridized carbons (Fsp3) is 0.111. The van der Waals surface area contributed by atoms with Gasteiger partial charge in [0.1, 0.15) is 0 Å². The van der Waals surface area contributed by atoms with E-state index in [1.54, 1.807) is 0 Å². The molecule has 0 bridgehead atoms. The van der Waals surface area contributed by atoms with Gasteiger partial charge >= 0.3 is 0 Å². The van der Waals surface area contributed by atoms with Gasteiger partial charge in [0.05, 0.1) is 0 Å². The molecule has 1 nitrogen and oxygen atoms in total. The third-order valence-electron chi connectivity index (χ3n) is 7.80. The quantitative estimate of drug-likeness (QED) is 0.251. The second-order valence-electron chi connectivity index (χ2n) is 10.2. The maximum absolute atomic E-state index is 2.37. The third-order valence-corrected chi connectivity index (χ3v) is 7.80. The fourth-order valence-corrected chi connectivity index (χ4v) is 6.05. The van der Waals surface area contributed by atoms with Crippen LogP contribution in [0.5, 0.6) is 0 Å². The molecule has 0 amide bonds. The SMILES string of the molecule is CN1C=C(c2ccc(-c3c4c(c(-c5ccc6ccccc6c5)c5ccccc35)CCC=C4)cc2)C=CC1. The van der Waals surface area contributed by atoms with E-state index in [0.29, 0.717) is 0 Å². The minimum Gasteiger partial charge on any atom is -0.376 e. The average Bonchev–Trinajstić information content (AvgIpc) is 2.96. The second-order valence-corrected chi connectivity index (χ2v) is 10.2. The summed E-state index contributed by atoms with van der Waals surface area (Å²) in [5.41, 5.74) is 10.7. The first-order chi connectivity index (χ1) is 18.3. The summed E-state index contributed by atoms with van der Waals surface area (Å²) in [6.07, 6.45) is 13.5. The minimum atomic E-state index is 0.968. The molecular formula is C36H29N. The highest BCUT2D eigenvalue weighted by Crippen LogP contribution is 2.45. The van der Waals surface area contributed by atoms with Crippen LogP contribution in [0.15, 0.2) is 115 Å². The monoisotopic (exact) mass is 475 g/mol. The molecule has 0 saturated carbocycles. The molecule has 0 N–H and O–H groups in total. The number of fused-ring (bicyclic) bond motifs is 3. The van der Waals surface area contributed by atoms with Crippen LogP contribution in [0, 0.1) is 0 Å². The van der Waals surface area contributed by atoms with Crippen molar-refractivity contribution in [3.05, 3.63) is 132 Å². The lowest BCUT2D eigenvalue weighted by molar-refractivity contribution is 0.507. The van der Waals surface area contributed by atoms with Crippen LogP contribution in [0.4, 0.5) is 0 Å². The predicted molar refractivity (Wildman–Crippen MR) is 159 cm³/mol. The molecule has 0 atom stereocenters. The maximum Gasteiger partial charge on any atom is 0.0354 e. The summed E-state index contributed by atoms with van der Waals surface area (Å²) in [6.45, 7) is 0.968. The zero-order valence-electron chi connectivity index (χ0n) is 21.1. The van der Waals surface area contributed by atoms with Crippen LogP contribution >= 0.6 is 0 Å². The lowest BCUT2D eigenvalue weighted by atomic mass is 9.80. The summed E-state index contributed by atoms with van der Waals surface area (Å²) < 4.78 is 0. The van der Waals surface area contributed by atoms with Crippen molar-refractivity contribution in [3.63, 3.8) is 0 Å². The van der Waals surface area contributed by atoms with Gasteiger partial charge in [-0.1, -0.05) is 109 Å². The van der Waals surface area contributed by atoms with Crippen LogP contribution in [0.2, 0.25) is 0 Å². The summed E-state index contributed by atoms with van der Waals surface area (Å²) >= 11 is 0. The van der Waals surface area contributed by atoms with Crippen molar-refractivity contribution in [2.75, 3.05) is 13.6 Å². The summed E-state index contributed by atoms with van der Waals surface area (Å²) in [6, 6.07) is 33.7. The van der Waals surface area contributed by atoms with Crippen LogP contribution in [-0.4, -0.2) is 18.5 Å². The van der Waals surface area contributed by atoms with Crippen molar-refractivity contribution in [3.8, 4) is 22.3 Å². The van der Waals surface area contributed by atoms with Crippen LogP contribution in [-0.2, 0) is 6.42 Å². The Kier molecular flexibility index (Phi) is 5.29. The molecule has 5 aromatic rings. The van der Waals surface area contributed by atoms with E-state index < -0.39 is 0 Å². The van der Waals surface area contributed by atoms with Crippen LogP contribution in [0.1, 0.15) is 23.1 Å². The highest BCUT2D eigenvalue weighted by atomic mass is 15.1. The van der Waals surface area contributed by atoms with Crippen molar-refractivity contribution < 1.29 is 0 Å². The van der Waals surface area contributed by atoms with Crippen LogP contribution < -0.4 is 0 Å². The molecule has 7 rings (SSSR count). The van der Waals surface area contributed by atoms with E-state index in [1.165, 1.54) is 66.1 Å². The number of hydrogen-bond acceptors (Lipinski definition) is 1. The molecule has 0 spiro atoms. The Bertz CT molecular complexity index is 1750. The standard InChI is InChI=1S/C36H29N/c1-37-22-8-11-30(24-37)26-16-19-27(20-17-26)35-31-12-4-6-14-33(31)36(34-15-7-5-13-32(34)35)29-21-18-25-9-2-3-10-28(25)23-29/h2-6,8-14,16-21,23-24H,7,15,22H2,1H3. The molecule has 0 fully saturated rings. The van der Waals surface area contributed by atoms with Gasteiger partial charge in [0, 0.05) is 19.8 Å². The van der Waals surface area contributed by atoms with Gasteiger partial charge in [-0.3, -0.25) is 0 Å². The van der Waals surface area contributed by atoms with E-state index in [0.717, 1.165) is 19.4 Å². The number of hydrogen-bond donors (Lipinski definition) is 0. The first-order valence-corrected chi connectivity index (χ1v) is 13.2. The first kappa shape index (κ1) is 21.9. The lowest BCUT2D eigenvalue weighted by Gasteiger charge is -2.24. The Morgan fingerprint density at radius 1 is 0.622 bits per heavy atom. The molecule has 0 radical (unpaired) electrons. The Morgan fingerprint density at radius 3 is 2.14 bits per heavy atom. The van der Waals surface area contributed by atoms with Gasteiger partial charge in [0.25, 0.3) is 0 Å². The number of allylic oxidation sites excluding steroid dienone is 3. The summed E-state index contributed by atoms with van der Waals surface area (Å²) in [5, 5.41) is 5.24. The maximum atomic E-state index is 2.37. The topological polar surface area (TPSA) is 3.24 Å². The van der Waals surface area contributed by atoms with Crippen molar-refractivity contribution >= 4 is 33.2 Å². The Morgan fingerprint density at radius 2 is 1.32 bits per heavy atom. The van der Waals surface area contributed by atoms with E-state index in [2.05, 4.69) is 133 Å². The van der Waals surface area contributed by atoms with Crippen LogP contribution in [0.3, 0.4) is 0 Å². The van der Waals surface area contributed by atoms with Gasteiger partial charge < -0.3 is 4.90 Å². The molecule has 5 aromatic carbocycles. The molecule has 0 aromatic heterocycles. The molecule has 1 aliphatic carbocycles. The van der Waals surface area contributed by atoms with E-state index in [9.17, 15) is 0 Å². The summed E-state index contributed by atoms with van der Waals surface area (Å²) in [7, 11) is 2.12. The number of likely N-dealkylation sites (N-methyl/N-ethyl adjacent to an activating group) is 1. The molecule has 178 valence electrons. The summed E-state index contributed by atoms with van der Waals surface area (Å²) in [4.78, 5) is 2.23. The normalized spacial score (nSPS) is 14.7. The molecule has 0 unspecified atom stereocenters. The zero-order chi connectivity index (χ0) is 24.8. The van der Waals surface area contributed by atoms with Gasteiger partial charge in [0.2, 0.25) is 0 Å². The smallest absolute Gasteiger partial charge is 0.0354 e. The van der Waals surface area contributed by atoms with Crippen molar-refractivity contribution in [1.82, 2.24) is 4.90 Å². The first-order valence-electron chi connectivity index (χ1n) is 13.2. The number of rotatable bonds is 3. The van der Waals surface area contributed by atoms with Gasteiger partial charge in [-0.25, -0.2) is 0 Å². The largest absolute Gasteiger partial charge is 0.376 e. The highest BCUT2D eigenvalue weighted by Gasteiger charge is 2.21. The van der Waals surface area contributed by atoms with E-state index in [4.69, 9.17) is 0 Å². The fourth-order valence-electron chi connectivity index (χ4n) is 6.05. The highest BCUT2D eigenvalue weighted by molar-refractivity contribution is 6.10. The summed E-state index contributed by atoms with van der Waals surface area (Å²) in [5.74, 6) is 0. The van der Waals surface area contributed by atoms with Crippen molar-refractivity contribution in [1.29, 1.82) is 0 Å². The predicted octanol–water partition coefficient (Wildman–Crippen LogP) is 9.13. The lowest BCUT2D eigenvalue weighted by Crippen LogP contribution is -2.13. The Balaban J connectivity index is 1.45. The van der Waals surface area contributed by atoms with Gasteiger partial charge in [0.15, 0.2) is 0 Å². The van der Waals surface area contributed by atoms with Crippen molar-refractivity contribution in [2.45, 2.75) is 12.8 Å². The third kappa shape index (κ3) is 3.79. The van der Waals surface area contributed by atoms with Crippen LogP contribution in [0.25, 0.3) is 55.4 Å². The van der Waals surface area contributed by atoms with E-state index in [1.807, 2.05) is 0 Å². The van der Waals surface area contributed by atoms with E-state index >= 15 is 0 Å². The minimum absolute atomic E-state index is 0.968. The van der Waals surface area contributed by atoms with E-state index in [-0.39, 0.29) is 0 Å². The van der Waals surface area contributed by atoms with Gasteiger partial charge in [-0.15, -0.1) is 0 Å². The van der Waals surface area contributed by atoms with Gasteiger partial charge in [-0.2, -0.15) is 0 Å². The number of nitrogens with zero attached hydrogens (tertiary/aromatic N) is 1. The molecule has 1 aliphatic heterocycles. The molecule has 0 saturated heterocycles. The molecule has 1 heterocycles. The molecule has 1 heteroatoms. The second kappa shape index (κ2) is 8.94. The molecular weight excluding hydrogens is 446 g/mol.